The van der Waals surface area contributed by atoms with Crippen LogP contribution in [-0.4, -0.2) is 17.4 Å². The SMILES string of the molecule is Cl.F.[Al+3].[Na+]. The van der Waals surface area contributed by atoms with Crippen LogP contribution in [0.2, 0.25) is 0 Å². The van der Waals surface area contributed by atoms with Gasteiger partial charge in [0.2, 0.25) is 0 Å². The van der Waals surface area contributed by atoms with Gasteiger partial charge in [-0.2, -0.15) is 0 Å². The smallest absolute Gasteiger partial charge is 0.269 e. The van der Waals surface area contributed by atoms with Crippen LogP contribution in [0, 0.1) is 0 Å². The quantitative estimate of drug-likeness (QED) is 0.293. The summed E-state index contributed by atoms with van der Waals surface area (Å²) < 4.78 is 0. The standard InChI is InChI=1S/Al.ClH.FH.Na/h;2*1H;/q+3;;;+1. The van der Waals surface area contributed by atoms with Gasteiger partial charge in [0.25, 0.3) is 0 Å². The van der Waals surface area contributed by atoms with Crippen LogP contribution in [0.4, 0.5) is 4.70 Å². The summed E-state index contributed by atoms with van der Waals surface area (Å²) in [5.41, 5.74) is 0. The molecule has 0 heterocycles. The number of hydrogen-bond acceptors (Lipinski definition) is 0. The molecule has 0 rings (SSSR count). The van der Waals surface area contributed by atoms with Crippen molar-refractivity contribution in [2.24, 2.45) is 0 Å². The molecule has 0 nitrogen and oxygen atoms in total. The molecule has 0 radical (unpaired) electrons. The van der Waals surface area contributed by atoms with E-state index in [1.807, 2.05) is 0 Å². The molecule has 0 amide bonds. The fourth-order valence-corrected chi connectivity index (χ4v) is 0. The Morgan fingerprint density at radius 2 is 1.00 bits per heavy atom. The fourth-order valence-electron chi connectivity index (χ4n) is 0. The van der Waals surface area contributed by atoms with Crippen LogP contribution in [-0.2, 0) is 0 Å². The molecule has 0 spiro atoms. The second-order valence-electron chi connectivity index (χ2n) is 0. The van der Waals surface area contributed by atoms with Crippen molar-refractivity contribution in [3.63, 3.8) is 0 Å². The van der Waals surface area contributed by atoms with Crippen LogP contribution in [0.3, 0.4) is 0 Å². The van der Waals surface area contributed by atoms with Gasteiger partial charge in [-0.05, 0) is 0 Å². The Morgan fingerprint density at radius 1 is 1.00 bits per heavy atom. The zero-order chi connectivity index (χ0) is 0. The average Bonchev–Trinajstić information content (AvgIpc) is 0. The van der Waals surface area contributed by atoms with Crippen molar-refractivity contribution in [3.8, 4) is 0 Å². The molecule has 0 aliphatic carbocycles. The Kier molecular flexibility index (Phi) is 230. The van der Waals surface area contributed by atoms with Crippen molar-refractivity contribution in [1.82, 2.24) is 0 Å². The zero-order valence-corrected chi connectivity index (χ0v) is 6.37. The van der Waals surface area contributed by atoms with Gasteiger partial charge in [-0.1, -0.05) is 0 Å². The minimum absolute atomic E-state index is 0. The van der Waals surface area contributed by atoms with E-state index < -0.39 is 0 Å². The predicted octanol–water partition coefficient (Wildman–Crippen LogP) is -2.80. The van der Waals surface area contributed by atoms with Crippen LogP contribution in [0.1, 0.15) is 0 Å². The summed E-state index contributed by atoms with van der Waals surface area (Å²) in [5.74, 6) is 0. The van der Waals surface area contributed by atoms with Gasteiger partial charge in [0.15, 0.2) is 0 Å². The summed E-state index contributed by atoms with van der Waals surface area (Å²) in [4.78, 5) is 0. The summed E-state index contributed by atoms with van der Waals surface area (Å²) in [6.45, 7) is 0. The molecule has 0 bridgehead atoms. The summed E-state index contributed by atoms with van der Waals surface area (Å²) in [7, 11) is 0. The van der Waals surface area contributed by atoms with Crippen molar-refractivity contribution in [1.29, 1.82) is 0 Å². The van der Waals surface area contributed by atoms with E-state index in [1.54, 1.807) is 0 Å². The van der Waals surface area contributed by atoms with Gasteiger partial charge in [0.05, 0.1) is 0 Å². The maximum atomic E-state index is 0. The van der Waals surface area contributed by atoms with Gasteiger partial charge in [-0.3, -0.25) is 4.70 Å². The first-order chi connectivity index (χ1) is 0. The normalized spacial score (nSPS) is 0. The van der Waals surface area contributed by atoms with Crippen molar-refractivity contribution < 1.29 is 34.3 Å². The number of halogens is 2. The molecule has 0 aliphatic rings. The molecule has 16 valence electrons. The van der Waals surface area contributed by atoms with E-state index in [0.29, 0.717) is 0 Å². The van der Waals surface area contributed by atoms with Gasteiger partial charge in [0, 0.05) is 0 Å². The Balaban J connectivity index is 0. The first kappa shape index (κ1) is 42.3. The van der Waals surface area contributed by atoms with Crippen molar-refractivity contribution in [2.45, 2.75) is 0 Å². The molecule has 0 unspecified atom stereocenters. The molecular formula is H2AlClFNa+4. The summed E-state index contributed by atoms with van der Waals surface area (Å²) >= 11 is 0. The van der Waals surface area contributed by atoms with E-state index in [0.717, 1.165) is 0 Å². The Labute approximate surface area is 63.5 Å². The van der Waals surface area contributed by atoms with E-state index in [-0.39, 0.29) is 64.0 Å². The molecule has 0 aromatic rings. The van der Waals surface area contributed by atoms with E-state index in [9.17, 15) is 0 Å². The molecule has 0 fully saturated rings. The van der Waals surface area contributed by atoms with Crippen molar-refractivity contribution in [3.05, 3.63) is 0 Å². The molecule has 0 saturated carbocycles. The zero-order valence-electron chi connectivity index (χ0n) is 2.39. The van der Waals surface area contributed by atoms with Crippen molar-refractivity contribution >= 4 is 29.8 Å². The molecule has 0 aliphatic heterocycles. The average molecular weight is 106 g/mol. The number of rotatable bonds is 0. The van der Waals surface area contributed by atoms with Gasteiger partial charge >= 0.3 is 46.9 Å². The Morgan fingerprint density at radius 3 is 1.00 bits per heavy atom. The van der Waals surface area contributed by atoms with Crippen molar-refractivity contribution in [2.75, 3.05) is 0 Å². The minimum Gasteiger partial charge on any atom is -0.269 e. The van der Waals surface area contributed by atoms with E-state index in [4.69, 9.17) is 0 Å². The number of hydrogen-bond donors (Lipinski definition) is 0. The third-order valence-corrected chi connectivity index (χ3v) is 0. The van der Waals surface area contributed by atoms with Crippen LogP contribution in [0.25, 0.3) is 0 Å². The van der Waals surface area contributed by atoms with Gasteiger partial charge < -0.3 is 0 Å². The first-order valence-corrected chi connectivity index (χ1v) is 0. The molecule has 4 heavy (non-hydrogen) atoms. The van der Waals surface area contributed by atoms with Gasteiger partial charge in [0.1, 0.15) is 0 Å². The third-order valence-electron chi connectivity index (χ3n) is 0. The maximum Gasteiger partial charge on any atom is 3.00 e. The first-order valence-electron chi connectivity index (χ1n) is 0. The topological polar surface area (TPSA) is 0 Å². The van der Waals surface area contributed by atoms with Crippen LogP contribution in [0.5, 0.6) is 0 Å². The summed E-state index contributed by atoms with van der Waals surface area (Å²) in [6, 6.07) is 0. The largest absolute Gasteiger partial charge is 3.00 e. The molecule has 4 heteroatoms. The summed E-state index contributed by atoms with van der Waals surface area (Å²) in [6.07, 6.45) is 0. The molecule has 0 aromatic heterocycles. The fraction of sp³-hybridized carbons (Fsp3) is 0. The molecular weight excluding hydrogens is 104 g/mol. The second kappa shape index (κ2) is 21.8. The van der Waals surface area contributed by atoms with Crippen LogP contribution < -0.4 is 29.6 Å². The van der Waals surface area contributed by atoms with Gasteiger partial charge in [-0.15, -0.1) is 12.4 Å². The summed E-state index contributed by atoms with van der Waals surface area (Å²) in [5, 5.41) is 0. The van der Waals surface area contributed by atoms with E-state index in [2.05, 4.69) is 0 Å². The van der Waals surface area contributed by atoms with Crippen LogP contribution in [0.15, 0.2) is 0 Å². The molecule has 0 N–H and O–H groups in total. The second-order valence-corrected chi connectivity index (χ2v) is 0. The Hall–Kier alpha value is 1.75. The monoisotopic (exact) mass is 106 g/mol. The van der Waals surface area contributed by atoms with E-state index in [1.165, 1.54) is 0 Å². The van der Waals surface area contributed by atoms with Crippen LogP contribution >= 0.6 is 12.4 Å². The van der Waals surface area contributed by atoms with Gasteiger partial charge in [-0.25, -0.2) is 0 Å². The minimum atomic E-state index is 0. The predicted molar refractivity (Wildman–Crippen MR) is 15.5 cm³/mol. The third kappa shape index (κ3) is 9.26. The molecule has 0 aromatic carbocycles. The Bertz CT molecular complexity index is 8.00. The van der Waals surface area contributed by atoms with E-state index >= 15 is 0 Å². The molecule has 0 saturated heterocycles. The maximum absolute atomic E-state index is 0. The molecule has 0 atom stereocenters.